The van der Waals surface area contributed by atoms with Gasteiger partial charge in [0, 0.05) is 0 Å². The first-order valence-corrected chi connectivity index (χ1v) is 14.3. The van der Waals surface area contributed by atoms with Gasteiger partial charge in [0.1, 0.15) is 0 Å². The van der Waals surface area contributed by atoms with E-state index in [4.69, 9.17) is 4.98 Å². The Morgan fingerprint density at radius 1 is 0.917 bits per heavy atom. The third-order valence-corrected chi connectivity index (χ3v) is 10.2. The van der Waals surface area contributed by atoms with Crippen molar-refractivity contribution < 1.29 is 9.59 Å². The molecule has 0 saturated carbocycles. The summed E-state index contributed by atoms with van der Waals surface area (Å²) in [5, 5.41) is 2.99. The zero-order valence-electron chi connectivity index (χ0n) is 19.6. The second-order valence-corrected chi connectivity index (χ2v) is 12.8. The molecule has 1 aliphatic heterocycles. The third kappa shape index (κ3) is 3.02. The van der Waals surface area contributed by atoms with Crippen molar-refractivity contribution in [2.75, 3.05) is 4.90 Å². The topological polar surface area (TPSA) is 50.3 Å². The van der Waals surface area contributed by atoms with Crippen LogP contribution < -0.4 is 4.90 Å². The van der Waals surface area contributed by atoms with E-state index in [1.807, 2.05) is 41.9 Å². The van der Waals surface area contributed by atoms with Crippen molar-refractivity contribution in [3.8, 4) is 0 Å². The Hall–Kier alpha value is -3.57. The molecule has 0 atom stereocenters. The minimum absolute atomic E-state index is 0.0912. The molecule has 0 radical (unpaired) electrons. The molecule has 3 aromatic heterocycles. The molecule has 0 N–H and O–H groups in total. The van der Waals surface area contributed by atoms with Crippen molar-refractivity contribution in [2.45, 2.75) is 19.3 Å². The molecule has 1 aliphatic carbocycles. The number of thiophene rings is 1. The molecule has 4 nitrogen and oxygen atoms in total. The third-order valence-electron chi connectivity index (χ3n) is 7.18. The number of ketones is 2. The van der Waals surface area contributed by atoms with Gasteiger partial charge in [0.15, 0.2) is 0 Å². The molecule has 7 rings (SSSR count). The zero-order chi connectivity index (χ0) is 24.6. The van der Waals surface area contributed by atoms with Gasteiger partial charge in [-0.25, -0.2) is 0 Å². The van der Waals surface area contributed by atoms with Crippen LogP contribution in [0, 0.1) is 0 Å². The van der Waals surface area contributed by atoms with E-state index in [0.29, 0.717) is 11.1 Å². The van der Waals surface area contributed by atoms with Crippen LogP contribution >= 0.6 is 11.3 Å². The van der Waals surface area contributed by atoms with Gasteiger partial charge in [0.2, 0.25) is 0 Å². The van der Waals surface area contributed by atoms with Crippen molar-refractivity contribution in [1.29, 1.82) is 0 Å². The van der Waals surface area contributed by atoms with Gasteiger partial charge in [-0.2, -0.15) is 0 Å². The maximum absolute atomic E-state index is 13.2. The average molecular weight is 552 g/mol. The number of Topliss-reactive ketones (excluding diaryl/α,β-unsaturated/α-hetero) is 2. The van der Waals surface area contributed by atoms with Crippen molar-refractivity contribution in [1.82, 2.24) is 4.98 Å². The molecule has 2 aromatic carbocycles. The quantitative estimate of drug-likeness (QED) is 0.136. The summed E-state index contributed by atoms with van der Waals surface area (Å²) in [5.41, 5.74) is 4.71. The second kappa shape index (κ2) is 7.71. The summed E-state index contributed by atoms with van der Waals surface area (Å²) < 4.78 is 3.17. The van der Waals surface area contributed by atoms with Crippen LogP contribution in [0.2, 0.25) is 0 Å². The van der Waals surface area contributed by atoms with Crippen LogP contribution in [0.3, 0.4) is 0 Å². The summed E-state index contributed by atoms with van der Waals surface area (Å²) in [7, 11) is 0. The number of rotatable bonds is 2. The normalized spacial score (nSPS) is 16.9. The van der Waals surface area contributed by atoms with E-state index in [1.165, 1.54) is 11.1 Å². The number of hydrogen-bond acceptors (Lipinski definition) is 5. The molecule has 5 aromatic rings. The average Bonchev–Trinajstić information content (AvgIpc) is 3.59. The number of fused-ring (bicyclic) bond motifs is 4. The summed E-state index contributed by atoms with van der Waals surface area (Å²) in [4.78, 5) is 33.4. The van der Waals surface area contributed by atoms with Crippen molar-refractivity contribution >= 4 is 69.6 Å². The number of benzene rings is 2. The predicted molar refractivity (Wildman–Crippen MR) is 146 cm³/mol. The number of carbonyl (C=O) groups excluding carboxylic acids is 2. The minimum atomic E-state index is -0.176. The molecular weight excluding hydrogens is 531 g/mol. The van der Waals surface area contributed by atoms with Crippen LogP contribution in [0.5, 0.6) is 0 Å². The molecule has 0 fully saturated rings. The number of nitrogens with zero attached hydrogens (tertiary/aromatic N) is 2. The number of aromatic nitrogens is 1. The second-order valence-electron chi connectivity index (χ2n) is 9.60. The number of allylic oxidation sites excluding steroid dienone is 1. The molecule has 4 heterocycles. The van der Waals surface area contributed by atoms with Crippen molar-refractivity contribution in [3.05, 3.63) is 111 Å². The Morgan fingerprint density at radius 3 is 2.56 bits per heavy atom. The molecule has 6 heteroatoms. The summed E-state index contributed by atoms with van der Waals surface area (Å²) in [6.45, 7) is 4.48. The summed E-state index contributed by atoms with van der Waals surface area (Å²) in [5.74, 6) is 0.593. The van der Waals surface area contributed by atoms with E-state index < -0.39 is 0 Å². The number of pyridine rings is 1. The number of carbonyl (C=O) groups is 2. The molecular formula is C30H20N2O2SSe. The Balaban J connectivity index is 1.32. The fraction of sp³-hybridized carbons (Fsp3) is 0.100. The van der Waals surface area contributed by atoms with Crippen LogP contribution in [-0.4, -0.2) is 31.1 Å². The Labute approximate surface area is 218 Å². The van der Waals surface area contributed by atoms with E-state index in [-0.39, 0.29) is 37.1 Å². The molecule has 36 heavy (non-hydrogen) atoms. The first-order valence-electron chi connectivity index (χ1n) is 11.7. The van der Waals surface area contributed by atoms with Crippen LogP contribution in [0.1, 0.15) is 50.1 Å². The van der Waals surface area contributed by atoms with Crippen molar-refractivity contribution in [2.24, 2.45) is 0 Å². The fourth-order valence-corrected chi connectivity index (χ4v) is 8.17. The summed E-state index contributed by atoms with van der Waals surface area (Å²) in [6.07, 6.45) is 3.65. The monoisotopic (exact) mass is 552 g/mol. The van der Waals surface area contributed by atoms with Gasteiger partial charge in [-0.05, 0) is 0 Å². The molecule has 0 spiro atoms. The SMILES string of the molecule is CC1(C)c2ccccc2N(c2ccc(C=C3C(=O)c4cc5ccsc5cc4C3=O)[se]2)c2ncccc21. The summed E-state index contributed by atoms with van der Waals surface area (Å²) in [6, 6.07) is 22.5. The Morgan fingerprint density at radius 2 is 1.69 bits per heavy atom. The van der Waals surface area contributed by atoms with E-state index in [2.05, 4.69) is 55.1 Å². The van der Waals surface area contributed by atoms with Gasteiger partial charge in [0.05, 0.1) is 0 Å². The van der Waals surface area contributed by atoms with Gasteiger partial charge >= 0.3 is 219 Å². The van der Waals surface area contributed by atoms with Crippen LogP contribution in [0.4, 0.5) is 16.1 Å². The van der Waals surface area contributed by atoms with Gasteiger partial charge in [-0.15, -0.1) is 0 Å². The fourth-order valence-electron chi connectivity index (χ4n) is 5.33. The van der Waals surface area contributed by atoms with Gasteiger partial charge in [-0.3, -0.25) is 0 Å². The molecule has 0 unspecified atom stereocenters. The zero-order valence-corrected chi connectivity index (χ0v) is 22.1. The Bertz CT molecular complexity index is 1670. The first kappa shape index (κ1) is 21.7. The molecule has 2 aliphatic rings. The van der Waals surface area contributed by atoms with E-state index in [0.717, 1.165) is 30.6 Å². The summed E-state index contributed by atoms with van der Waals surface area (Å²) >= 11 is 1.49. The van der Waals surface area contributed by atoms with Gasteiger partial charge in [0.25, 0.3) is 0 Å². The van der Waals surface area contributed by atoms with Crippen molar-refractivity contribution in [3.63, 3.8) is 0 Å². The number of hydrogen-bond donors (Lipinski definition) is 0. The maximum atomic E-state index is 13.2. The predicted octanol–water partition coefficient (Wildman–Crippen LogP) is 6.93. The van der Waals surface area contributed by atoms with Gasteiger partial charge < -0.3 is 0 Å². The van der Waals surface area contributed by atoms with Gasteiger partial charge in [-0.1, -0.05) is 0 Å². The van der Waals surface area contributed by atoms with E-state index in [1.54, 1.807) is 17.4 Å². The standard InChI is InChI=1S/C30H20N2O2SSe/c1-30(2)22-6-3-4-8-24(22)32(29-23(30)7-5-12-31-29)26-10-9-18(36-26)15-21-27(33)19-14-17-11-13-35-25(17)16-20(19)28(21)34/h3-16H,1-2H3. The van der Waals surface area contributed by atoms with E-state index in [9.17, 15) is 9.59 Å². The van der Waals surface area contributed by atoms with Crippen LogP contribution in [0.25, 0.3) is 16.2 Å². The van der Waals surface area contributed by atoms with Crippen LogP contribution in [0.15, 0.2) is 83.9 Å². The van der Waals surface area contributed by atoms with E-state index >= 15 is 0 Å². The first-order chi connectivity index (χ1) is 17.4. The molecule has 174 valence electrons. The number of anilines is 3. The Kier molecular flexibility index (Phi) is 4.65. The van der Waals surface area contributed by atoms with Crippen LogP contribution in [-0.2, 0) is 5.41 Å². The number of para-hydroxylation sites is 1. The molecule has 0 saturated heterocycles. The molecule has 0 amide bonds. The molecule has 0 bridgehead atoms.